The van der Waals surface area contributed by atoms with Gasteiger partial charge in [-0.25, -0.2) is 0 Å². The van der Waals surface area contributed by atoms with Gasteiger partial charge in [0.15, 0.2) is 5.17 Å². The number of nitrogens with zero attached hydrogens (tertiary/aromatic N) is 1. The number of anilines is 1. The van der Waals surface area contributed by atoms with E-state index in [2.05, 4.69) is 52.2 Å². The van der Waals surface area contributed by atoms with Crippen molar-refractivity contribution in [2.24, 2.45) is 4.99 Å². The molecule has 0 amide bonds. The molecule has 1 aliphatic heterocycles. The Hall–Kier alpha value is -0.230. The van der Waals surface area contributed by atoms with Gasteiger partial charge in [-0.05, 0) is 47.6 Å². The Kier molecular flexibility index (Phi) is 3.34. The largest absolute Gasteiger partial charge is 0.334 e. The Balaban J connectivity index is 1.77. The van der Waals surface area contributed by atoms with Crippen LogP contribution < -0.4 is 5.32 Å². The molecular formula is C13H15IN2S. The number of amidine groups is 1. The van der Waals surface area contributed by atoms with E-state index in [9.17, 15) is 0 Å². The third kappa shape index (κ3) is 2.47. The van der Waals surface area contributed by atoms with E-state index < -0.39 is 0 Å². The van der Waals surface area contributed by atoms with Crippen molar-refractivity contribution in [1.29, 1.82) is 0 Å². The van der Waals surface area contributed by atoms with E-state index in [1.807, 2.05) is 11.8 Å². The lowest BCUT2D eigenvalue weighted by atomic mass is 10.0. The molecular weight excluding hydrogens is 343 g/mol. The minimum absolute atomic E-state index is 0.271. The van der Waals surface area contributed by atoms with Gasteiger partial charge in [0.05, 0.1) is 11.2 Å². The maximum Gasteiger partial charge on any atom is 0.161 e. The molecule has 1 aromatic rings. The fourth-order valence-corrected chi connectivity index (χ4v) is 4.23. The highest BCUT2D eigenvalue weighted by Crippen LogP contribution is 2.41. The van der Waals surface area contributed by atoms with Gasteiger partial charge in [-0.1, -0.05) is 36.7 Å². The first-order valence-electron chi connectivity index (χ1n) is 6.02. The summed E-state index contributed by atoms with van der Waals surface area (Å²) in [6.07, 6.45) is 5.24. The standard InChI is InChI=1S/C13H15IN2S/c14-10-5-1-2-6-11(10)15-12-16-13(9-17-12)7-3-4-8-13/h1-2,5-6H,3-4,7-9H2,(H,15,16). The molecule has 1 aromatic carbocycles. The monoisotopic (exact) mass is 358 g/mol. The molecule has 0 bridgehead atoms. The van der Waals surface area contributed by atoms with Crippen molar-refractivity contribution in [2.45, 2.75) is 31.2 Å². The summed E-state index contributed by atoms with van der Waals surface area (Å²) < 4.78 is 1.25. The summed E-state index contributed by atoms with van der Waals surface area (Å²) in [6, 6.07) is 8.37. The molecule has 3 rings (SSSR count). The molecule has 1 fully saturated rings. The number of nitrogens with one attached hydrogen (secondary N) is 1. The Morgan fingerprint density at radius 3 is 2.76 bits per heavy atom. The zero-order chi connectivity index (χ0) is 11.7. The van der Waals surface area contributed by atoms with E-state index in [1.54, 1.807) is 0 Å². The first kappa shape index (κ1) is 11.8. The van der Waals surface area contributed by atoms with E-state index in [0.29, 0.717) is 0 Å². The molecule has 0 atom stereocenters. The maximum atomic E-state index is 4.92. The Labute approximate surface area is 120 Å². The molecule has 0 radical (unpaired) electrons. The second kappa shape index (κ2) is 4.80. The van der Waals surface area contributed by atoms with Gasteiger partial charge in [0.25, 0.3) is 0 Å². The van der Waals surface area contributed by atoms with Crippen molar-refractivity contribution in [3.05, 3.63) is 27.8 Å². The first-order chi connectivity index (χ1) is 8.27. The van der Waals surface area contributed by atoms with Crippen LogP contribution in [0.5, 0.6) is 0 Å². The average Bonchev–Trinajstić information content (AvgIpc) is 2.94. The van der Waals surface area contributed by atoms with Gasteiger partial charge in [-0.15, -0.1) is 0 Å². The number of hydrogen-bond donors (Lipinski definition) is 1. The quantitative estimate of drug-likeness (QED) is 0.764. The van der Waals surface area contributed by atoms with Crippen molar-refractivity contribution in [2.75, 3.05) is 11.1 Å². The predicted octanol–water partition coefficient (Wildman–Crippen LogP) is 4.12. The van der Waals surface area contributed by atoms with Crippen LogP contribution in [0.2, 0.25) is 0 Å². The van der Waals surface area contributed by atoms with Crippen molar-refractivity contribution in [3.63, 3.8) is 0 Å². The SMILES string of the molecule is Ic1ccccc1NC1=NC2(CCCC2)CS1. The van der Waals surface area contributed by atoms with Crippen LogP contribution in [0.15, 0.2) is 29.3 Å². The lowest BCUT2D eigenvalue weighted by Crippen LogP contribution is -2.21. The number of hydrogen-bond acceptors (Lipinski definition) is 3. The molecule has 4 heteroatoms. The molecule has 2 aliphatic rings. The molecule has 90 valence electrons. The summed E-state index contributed by atoms with van der Waals surface area (Å²) in [7, 11) is 0. The van der Waals surface area contributed by atoms with E-state index in [0.717, 1.165) is 5.17 Å². The molecule has 0 aromatic heterocycles. The van der Waals surface area contributed by atoms with Gasteiger partial charge in [0.1, 0.15) is 0 Å². The van der Waals surface area contributed by atoms with Crippen LogP contribution in [0.1, 0.15) is 25.7 Å². The lowest BCUT2D eigenvalue weighted by molar-refractivity contribution is 0.508. The normalized spacial score (nSPS) is 21.8. The molecule has 1 aliphatic carbocycles. The molecule has 2 nitrogen and oxygen atoms in total. The molecule has 17 heavy (non-hydrogen) atoms. The molecule has 1 spiro atoms. The zero-order valence-corrected chi connectivity index (χ0v) is 12.6. The summed E-state index contributed by atoms with van der Waals surface area (Å²) >= 11 is 4.24. The third-order valence-electron chi connectivity index (χ3n) is 3.47. The van der Waals surface area contributed by atoms with Gasteiger partial charge in [0.2, 0.25) is 0 Å². The topological polar surface area (TPSA) is 24.4 Å². The Morgan fingerprint density at radius 1 is 1.24 bits per heavy atom. The number of para-hydroxylation sites is 1. The molecule has 1 heterocycles. The summed E-state index contributed by atoms with van der Waals surface area (Å²) in [4.78, 5) is 4.92. The van der Waals surface area contributed by atoms with Gasteiger partial charge >= 0.3 is 0 Å². The number of thioether (sulfide) groups is 1. The van der Waals surface area contributed by atoms with E-state index >= 15 is 0 Å². The van der Waals surface area contributed by atoms with Crippen LogP contribution in [-0.4, -0.2) is 16.5 Å². The highest BCUT2D eigenvalue weighted by Gasteiger charge is 2.38. The van der Waals surface area contributed by atoms with Crippen LogP contribution in [-0.2, 0) is 0 Å². The van der Waals surface area contributed by atoms with Gasteiger partial charge in [-0.2, -0.15) is 0 Å². The first-order valence-corrected chi connectivity index (χ1v) is 8.08. The van der Waals surface area contributed by atoms with Crippen LogP contribution in [0, 0.1) is 3.57 Å². The minimum atomic E-state index is 0.271. The average molecular weight is 358 g/mol. The highest BCUT2D eigenvalue weighted by molar-refractivity contribution is 14.1. The minimum Gasteiger partial charge on any atom is -0.334 e. The van der Waals surface area contributed by atoms with Crippen molar-refractivity contribution in [1.82, 2.24) is 0 Å². The zero-order valence-electron chi connectivity index (χ0n) is 9.58. The maximum absolute atomic E-state index is 4.92. The molecule has 1 saturated carbocycles. The van der Waals surface area contributed by atoms with Gasteiger partial charge < -0.3 is 5.32 Å². The fraction of sp³-hybridized carbons (Fsp3) is 0.462. The van der Waals surface area contributed by atoms with Gasteiger partial charge in [-0.3, -0.25) is 4.99 Å². The summed E-state index contributed by atoms with van der Waals surface area (Å²) in [5.41, 5.74) is 1.45. The Morgan fingerprint density at radius 2 is 2.00 bits per heavy atom. The third-order valence-corrected chi connectivity index (χ3v) is 5.56. The second-order valence-corrected chi connectivity index (χ2v) is 6.87. The van der Waals surface area contributed by atoms with Crippen molar-refractivity contribution < 1.29 is 0 Å². The summed E-state index contributed by atoms with van der Waals surface area (Å²) in [6.45, 7) is 0. The van der Waals surface area contributed by atoms with Crippen molar-refractivity contribution in [3.8, 4) is 0 Å². The smallest absolute Gasteiger partial charge is 0.161 e. The van der Waals surface area contributed by atoms with Crippen LogP contribution >= 0.6 is 34.4 Å². The van der Waals surface area contributed by atoms with Crippen molar-refractivity contribution >= 4 is 45.2 Å². The van der Waals surface area contributed by atoms with Crippen LogP contribution in [0.4, 0.5) is 5.69 Å². The molecule has 0 saturated heterocycles. The predicted molar refractivity (Wildman–Crippen MR) is 83.9 cm³/mol. The van der Waals surface area contributed by atoms with E-state index in [-0.39, 0.29) is 5.54 Å². The number of halogens is 1. The number of benzene rings is 1. The Bertz CT molecular complexity index is 452. The second-order valence-electron chi connectivity index (χ2n) is 4.74. The van der Waals surface area contributed by atoms with E-state index in [4.69, 9.17) is 4.99 Å². The highest BCUT2D eigenvalue weighted by atomic mass is 127. The molecule has 1 N–H and O–H groups in total. The van der Waals surface area contributed by atoms with E-state index in [1.165, 1.54) is 40.7 Å². The van der Waals surface area contributed by atoms with Gasteiger partial charge in [0, 0.05) is 9.32 Å². The summed E-state index contributed by atoms with van der Waals surface area (Å²) in [5.74, 6) is 1.17. The molecule has 0 unspecified atom stereocenters. The van der Waals surface area contributed by atoms with Crippen LogP contribution in [0.25, 0.3) is 0 Å². The lowest BCUT2D eigenvalue weighted by Gasteiger charge is -2.16. The number of rotatable bonds is 1. The van der Waals surface area contributed by atoms with Crippen LogP contribution in [0.3, 0.4) is 0 Å². The fourth-order valence-electron chi connectivity index (χ4n) is 2.51. The summed E-state index contributed by atoms with van der Waals surface area (Å²) in [5, 5.41) is 4.57. The number of aliphatic imine (C=N–C) groups is 1.